The average Bonchev–Trinajstić information content (AvgIpc) is 3.21. The maximum absolute atomic E-state index is 12.0. The number of anilines is 1. The fourth-order valence-corrected chi connectivity index (χ4v) is 3.38. The van der Waals surface area contributed by atoms with E-state index in [0.717, 1.165) is 12.8 Å². The summed E-state index contributed by atoms with van der Waals surface area (Å²) in [6.45, 7) is 3.13. The van der Waals surface area contributed by atoms with Crippen LogP contribution in [0.2, 0.25) is 0 Å². The summed E-state index contributed by atoms with van der Waals surface area (Å²) in [6, 6.07) is 0.237. The molecule has 22 heavy (non-hydrogen) atoms. The minimum Gasteiger partial charge on any atom is -0.284 e. The fourth-order valence-electron chi connectivity index (χ4n) is 1.65. The molecule has 1 aromatic rings. The molecule has 1 saturated carbocycles. The lowest BCUT2D eigenvalue weighted by Gasteiger charge is -2.17. The maximum Gasteiger partial charge on any atom is 0.248 e. The van der Waals surface area contributed by atoms with E-state index in [1.165, 1.54) is 30.0 Å². The number of carbonyl (C=O) groups is 3. The normalized spacial score (nSPS) is 13.5. The second kappa shape index (κ2) is 7.54. The van der Waals surface area contributed by atoms with Crippen molar-refractivity contribution in [3.05, 3.63) is 0 Å². The van der Waals surface area contributed by atoms with Crippen LogP contribution in [0.5, 0.6) is 0 Å². The van der Waals surface area contributed by atoms with Crippen LogP contribution in [0.1, 0.15) is 33.1 Å². The van der Waals surface area contributed by atoms with Crippen LogP contribution in [0.25, 0.3) is 0 Å². The Balaban J connectivity index is 1.89. The highest BCUT2D eigenvalue weighted by molar-refractivity contribution is 8.01. The van der Waals surface area contributed by atoms with Crippen LogP contribution in [0.3, 0.4) is 0 Å². The molecule has 120 valence electrons. The lowest BCUT2D eigenvalue weighted by molar-refractivity contribution is -0.126. The van der Waals surface area contributed by atoms with E-state index < -0.39 is 0 Å². The molecule has 0 radical (unpaired) electrons. The number of aromatic nitrogens is 2. The van der Waals surface area contributed by atoms with Crippen LogP contribution in [0, 0.1) is 0 Å². The fraction of sp³-hybridized carbons (Fsp3) is 0.583. The summed E-state index contributed by atoms with van der Waals surface area (Å²) >= 11 is 2.51. The van der Waals surface area contributed by atoms with Gasteiger partial charge in [0.1, 0.15) is 0 Å². The monoisotopic (exact) mass is 343 g/mol. The van der Waals surface area contributed by atoms with Gasteiger partial charge in [-0.3, -0.25) is 30.1 Å². The molecule has 0 atom stereocenters. The molecule has 1 aromatic heterocycles. The smallest absolute Gasteiger partial charge is 0.248 e. The Hall–Kier alpha value is -1.68. The molecular weight excluding hydrogens is 326 g/mol. The number of hydrazine groups is 1. The van der Waals surface area contributed by atoms with Crippen LogP contribution in [-0.4, -0.2) is 39.7 Å². The number of amides is 3. The Kier molecular flexibility index (Phi) is 5.72. The Bertz CT molecular complexity index is 573. The molecular formula is C12H17N5O3S2. The highest BCUT2D eigenvalue weighted by atomic mass is 32.2. The number of hydrogen-bond donors (Lipinski definition) is 2. The van der Waals surface area contributed by atoms with Crippen LogP contribution in [-0.2, 0) is 14.4 Å². The van der Waals surface area contributed by atoms with E-state index >= 15 is 0 Å². The molecule has 1 heterocycles. The summed E-state index contributed by atoms with van der Waals surface area (Å²) in [4.78, 5) is 35.8. The topological polar surface area (TPSA) is 104 Å². The molecule has 0 unspecified atom stereocenters. The summed E-state index contributed by atoms with van der Waals surface area (Å²) in [5.41, 5.74) is 4.48. The predicted octanol–water partition coefficient (Wildman–Crippen LogP) is 0.703. The molecule has 0 spiro atoms. The van der Waals surface area contributed by atoms with E-state index in [4.69, 9.17) is 0 Å². The first-order valence-electron chi connectivity index (χ1n) is 6.85. The first-order valence-corrected chi connectivity index (χ1v) is 8.65. The van der Waals surface area contributed by atoms with Gasteiger partial charge in [-0.25, -0.2) is 0 Å². The molecule has 1 aliphatic rings. The number of nitrogens with zero attached hydrogens (tertiary/aromatic N) is 3. The number of rotatable bonds is 6. The van der Waals surface area contributed by atoms with Crippen LogP contribution >= 0.6 is 23.1 Å². The predicted molar refractivity (Wildman–Crippen MR) is 83.4 cm³/mol. The molecule has 10 heteroatoms. The second-order valence-corrected chi connectivity index (χ2v) is 6.90. The van der Waals surface area contributed by atoms with Crippen molar-refractivity contribution in [3.63, 3.8) is 0 Å². The zero-order chi connectivity index (χ0) is 16.1. The van der Waals surface area contributed by atoms with Crippen molar-refractivity contribution >= 4 is 46.0 Å². The third kappa shape index (κ3) is 4.67. The van der Waals surface area contributed by atoms with E-state index in [-0.39, 0.29) is 29.5 Å². The lowest BCUT2D eigenvalue weighted by Crippen LogP contribution is -2.41. The van der Waals surface area contributed by atoms with Gasteiger partial charge in [0.25, 0.3) is 0 Å². The van der Waals surface area contributed by atoms with Gasteiger partial charge >= 0.3 is 0 Å². The minimum absolute atomic E-state index is 0.0404. The number of nitrogens with one attached hydrogen (secondary N) is 2. The van der Waals surface area contributed by atoms with Crippen molar-refractivity contribution in [1.29, 1.82) is 0 Å². The van der Waals surface area contributed by atoms with E-state index in [9.17, 15) is 14.4 Å². The minimum atomic E-state index is -0.338. The molecule has 8 nitrogen and oxygen atoms in total. The van der Waals surface area contributed by atoms with Crippen LogP contribution in [0.4, 0.5) is 5.13 Å². The van der Waals surface area contributed by atoms with Gasteiger partial charge in [-0.2, -0.15) is 0 Å². The van der Waals surface area contributed by atoms with Crippen molar-refractivity contribution in [1.82, 2.24) is 21.0 Å². The molecule has 2 N–H and O–H groups in total. The van der Waals surface area contributed by atoms with Crippen LogP contribution in [0.15, 0.2) is 4.34 Å². The molecule has 0 aliphatic heterocycles. The first kappa shape index (κ1) is 16.7. The van der Waals surface area contributed by atoms with E-state index in [1.807, 2.05) is 6.92 Å². The Morgan fingerprint density at radius 3 is 2.64 bits per heavy atom. The second-order valence-electron chi connectivity index (χ2n) is 4.72. The first-order chi connectivity index (χ1) is 10.5. The van der Waals surface area contributed by atoms with Crippen molar-refractivity contribution in [2.24, 2.45) is 0 Å². The number of hydrogen-bond acceptors (Lipinski definition) is 7. The Labute approximate surface area is 136 Å². The largest absolute Gasteiger partial charge is 0.284 e. The zero-order valence-electron chi connectivity index (χ0n) is 12.3. The van der Waals surface area contributed by atoms with Gasteiger partial charge in [0.2, 0.25) is 22.9 Å². The third-order valence-electron chi connectivity index (χ3n) is 2.79. The van der Waals surface area contributed by atoms with Crippen molar-refractivity contribution in [2.75, 3.05) is 10.7 Å². The molecule has 2 rings (SSSR count). The summed E-state index contributed by atoms with van der Waals surface area (Å²) in [5, 5.41) is 8.63. The Morgan fingerprint density at radius 2 is 2.05 bits per heavy atom. The number of carbonyl (C=O) groups excluding carboxylic acids is 3. The molecule has 1 aliphatic carbocycles. The summed E-state index contributed by atoms with van der Waals surface area (Å²) in [7, 11) is 0. The van der Waals surface area contributed by atoms with Crippen molar-refractivity contribution in [2.45, 2.75) is 43.5 Å². The van der Waals surface area contributed by atoms with E-state index in [0.29, 0.717) is 15.9 Å². The highest BCUT2D eigenvalue weighted by Crippen LogP contribution is 2.36. The van der Waals surface area contributed by atoms with Gasteiger partial charge in [0, 0.05) is 19.4 Å². The van der Waals surface area contributed by atoms with Gasteiger partial charge in [0.05, 0.1) is 5.75 Å². The number of thioether (sulfide) groups is 1. The van der Waals surface area contributed by atoms with Gasteiger partial charge < -0.3 is 0 Å². The SMILES string of the molecule is CCC(=O)N(c1nnc(SCC(=O)NNC(C)=O)s1)C1CC1. The lowest BCUT2D eigenvalue weighted by atomic mass is 10.4. The van der Waals surface area contributed by atoms with Crippen LogP contribution < -0.4 is 15.8 Å². The zero-order valence-corrected chi connectivity index (χ0v) is 13.9. The molecule has 0 aromatic carbocycles. The average molecular weight is 343 g/mol. The quantitative estimate of drug-likeness (QED) is 0.448. The summed E-state index contributed by atoms with van der Waals surface area (Å²) < 4.78 is 0.613. The van der Waals surface area contributed by atoms with Gasteiger partial charge in [0.15, 0.2) is 4.34 Å². The molecule has 0 saturated heterocycles. The summed E-state index contributed by atoms with van der Waals surface area (Å²) in [6.07, 6.45) is 2.41. The van der Waals surface area contributed by atoms with Crippen molar-refractivity contribution < 1.29 is 14.4 Å². The van der Waals surface area contributed by atoms with Crippen molar-refractivity contribution in [3.8, 4) is 0 Å². The van der Waals surface area contributed by atoms with Gasteiger partial charge in [-0.1, -0.05) is 30.0 Å². The standard InChI is InChI=1S/C12H17N5O3S2/c1-3-10(20)17(8-4-5-8)11-15-16-12(22-11)21-6-9(19)14-13-7(2)18/h8H,3-6H2,1-2H3,(H,13,18)(H,14,19). The third-order valence-corrected chi connectivity index (χ3v) is 4.85. The molecule has 3 amide bonds. The molecule has 0 bridgehead atoms. The Morgan fingerprint density at radius 1 is 1.32 bits per heavy atom. The summed E-state index contributed by atoms with van der Waals surface area (Å²) in [5.74, 6) is -0.519. The highest BCUT2D eigenvalue weighted by Gasteiger charge is 2.35. The molecule has 1 fully saturated rings. The van der Waals surface area contributed by atoms with E-state index in [1.54, 1.807) is 4.90 Å². The van der Waals surface area contributed by atoms with Gasteiger partial charge in [-0.05, 0) is 12.8 Å². The van der Waals surface area contributed by atoms with E-state index in [2.05, 4.69) is 21.0 Å². The maximum atomic E-state index is 12.0. The van der Waals surface area contributed by atoms with Gasteiger partial charge in [-0.15, -0.1) is 10.2 Å².